The summed E-state index contributed by atoms with van der Waals surface area (Å²) in [4.78, 5) is 36.4. The standard InChI is InChI=1S/C15H20N2O5/c1-4-9-16(10-5-2)14(18)11-7-6-8-12(15(19)22-3)13(11)17(20)21/h6-8H,4-5,9-10H2,1-3H3. The van der Waals surface area contributed by atoms with Gasteiger partial charge in [0, 0.05) is 13.1 Å². The van der Waals surface area contributed by atoms with Crippen LogP contribution in [0.15, 0.2) is 18.2 Å². The summed E-state index contributed by atoms with van der Waals surface area (Å²) in [6.07, 6.45) is 1.49. The van der Waals surface area contributed by atoms with Crippen molar-refractivity contribution in [1.29, 1.82) is 0 Å². The summed E-state index contributed by atoms with van der Waals surface area (Å²) in [5, 5.41) is 11.3. The quantitative estimate of drug-likeness (QED) is 0.439. The van der Waals surface area contributed by atoms with Crippen LogP contribution in [0.2, 0.25) is 0 Å². The highest BCUT2D eigenvalue weighted by Gasteiger charge is 2.30. The second kappa shape index (κ2) is 8.11. The number of amides is 1. The molecule has 120 valence electrons. The van der Waals surface area contributed by atoms with Gasteiger partial charge in [-0.05, 0) is 25.0 Å². The van der Waals surface area contributed by atoms with E-state index in [9.17, 15) is 19.7 Å². The molecule has 0 spiro atoms. The van der Waals surface area contributed by atoms with Crippen molar-refractivity contribution in [3.05, 3.63) is 39.4 Å². The third-order valence-corrected chi connectivity index (χ3v) is 3.13. The Balaban J connectivity index is 3.36. The Bertz CT molecular complexity index is 565. The molecule has 0 heterocycles. The van der Waals surface area contributed by atoms with Crippen LogP contribution in [-0.2, 0) is 4.74 Å². The van der Waals surface area contributed by atoms with Crippen molar-refractivity contribution in [2.45, 2.75) is 26.7 Å². The van der Waals surface area contributed by atoms with Crippen molar-refractivity contribution in [3.8, 4) is 0 Å². The fourth-order valence-corrected chi connectivity index (χ4v) is 2.21. The molecule has 0 atom stereocenters. The zero-order chi connectivity index (χ0) is 16.7. The Labute approximate surface area is 129 Å². The molecule has 0 radical (unpaired) electrons. The molecule has 0 fully saturated rings. The lowest BCUT2D eigenvalue weighted by Gasteiger charge is -2.21. The van der Waals surface area contributed by atoms with Crippen LogP contribution < -0.4 is 0 Å². The van der Waals surface area contributed by atoms with E-state index < -0.39 is 22.5 Å². The molecule has 0 unspecified atom stereocenters. The molecule has 7 nitrogen and oxygen atoms in total. The number of benzene rings is 1. The summed E-state index contributed by atoms with van der Waals surface area (Å²) in [5.74, 6) is -1.28. The van der Waals surface area contributed by atoms with Gasteiger partial charge in [-0.2, -0.15) is 0 Å². The minimum atomic E-state index is -0.834. The smallest absolute Gasteiger partial charge is 0.344 e. The van der Waals surface area contributed by atoms with Crippen molar-refractivity contribution < 1.29 is 19.2 Å². The summed E-state index contributed by atoms with van der Waals surface area (Å²) in [5.41, 5.74) is -0.808. The first kappa shape index (κ1) is 17.6. The molecule has 22 heavy (non-hydrogen) atoms. The van der Waals surface area contributed by atoms with E-state index in [1.807, 2.05) is 13.8 Å². The summed E-state index contributed by atoms with van der Waals surface area (Å²) in [7, 11) is 1.14. The highest BCUT2D eigenvalue weighted by atomic mass is 16.6. The number of para-hydroxylation sites is 1. The summed E-state index contributed by atoms with van der Waals surface area (Å²) < 4.78 is 4.55. The first-order valence-electron chi connectivity index (χ1n) is 7.12. The molecular weight excluding hydrogens is 288 g/mol. The molecule has 1 rings (SSSR count). The van der Waals surface area contributed by atoms with Crippen LogP contribution in [0.25, 0.3) is 0 Å². The molecular formula is C15H20N2O5. The third kappa shape index (κ3) is 3.81. The lowest BCUT2D eigenvalue weighted by molar-refractivity contribution is -0.385. The van der Waals surface area contributed by atoms with Crippen LogP contribution in [0.1, 0.15) is 47.4 Å². The highest BCUT2D eigenvalue weighted by molar-refractivity contribution is 6.04. The van der Waals surface area contributed by atoms with Gasteiger partial charge in [-0.25, -0.2) is 4.79 Å². The van der Waals surface area contributed by atoms with Gasteiger partial charge in [0.1, 0.15) is 11.1 Å². The van der Waals surface area contributed by atoms with Crippen LogP contribution in [-0.4, -0.2) is 41.9 Å². The van der Waals surface area contributed by atoms with E-state index in [0.29, 0.717) is 13.1 Å². The van der Waals surface area contributed by atoms with Gasteiger partial charge in [0.2, 0.25) is 0 Å². The van der Waals surface area contributed by atoms with Gasteiger partial charge in [0.05, 0.1) is 12.0 Å². The first-order valence-corrected chi connectivity index (χ1v) is 7.12. The molecule has 0 aromatic heterocycles. The van der Waals surface area contributed by atoms with Crippen LogP contribution in [0.4, 0.5) is 5.69 Å². The van der Waals surface area contributed by atoms with Gasteiger partial charge in [0.25, 0.3) is 11.6 Å². The van der Waals surface area contributed by atoms with E-state index in [2.05, 4.69) is 4.74 Å². The van der Waals surface area contributed by atoms with E-state index in [0.717, 1.165) is 20.0 Å². The van der Waals surface area contributed by atoms with Crippen LogP contribution in [0.5, 0.6) is 0 Å². The van der Waals surface area contributed by atoms with E-state index in [1.165, 1.54) is 18.2 Å². The number of hydrogen-bond acceptors (Lipinski definition) is 5. The third-order valence-electron chi connectivity index (χ3n) is 3.13. The van der Waals surface area contributed by atoms with Crippen molar-refractivity contribution in [1.82, 2.24) is 4.90 Å². The number of rotatable bonds is 7. The maximum Gasteiger partial charge on any atom is 0.344 e. The minimum Gasteiger partial charge on any atom is -0.465 e. The second-order valence-electron chi connectivity index (χ2n) is 4.74. The Morgan fingerprint density at radius 1 is 1.18 bits per heavy atom. The minimum absolute atomic E-state index is 0.0881. The lowest BCUT2D eigenvalue weighted by atomic mass is 10.1. The fourth-order valence-electron chi connectivity index (χ4n) is 2.21. The van der Waals surface area contributed by atoms with E-state index in [4.69, 9.17) is 0 Å². The maximum atomic E-state index is 12.6. The number of nitrogens with zero attached hydrogens (tertiary/aromatic N) is 2. The molecule has 0 N–H and O–H groups in total. The summed E-state index contributed by atoms with van der Waals surface area (Å²) in [6, 6.07) is 4.10. The molecule has 0 saturated carbocycles. The predicted octanol–water partition coefficient (Wildman–Crippen LogP) is 2.64. The molecule has 1 aromatic carbocycles. The largest absolute Gasteiger partial charge is 0.465 e. The van der Waals surface area contributed by atoms with Gasteiger partial charge < -0.3 is 9.64 Å². The maximum absolute atomic E-state index is 12.6. The van der Waals surface area contributed by atoms with E-state index in [-0.39, 0.29) is 11.1 Å². The lowest BCUT2D eigenvalue weighted by Crippen LogP contribution is -2.33. The molecule has 0 saturated heterocycles. The van der Waals surface area contributed by atoms with Gasteiger partial charge in [-0.15, -0.1) is 0 Å². The van der Waals surface area contributed by atoms with Gasteiger partial charge in [-0.3, -0.25) is 14.9 Å². The molecule has 7 heteroatoms. The van der Waals surface area contributed by atoms with Crippen molar-refractivity contribution in [2.75, 3.05) is 20.2 Å². The van der Waals surface area contributed by atoms with Gasteiger partial charge in [0.15, 0.2) is 0 Å². The molecule has 0 bridgehead atoms. The van der Waals surface area contributed by atoms with Gasteiger partial charge in [-0.1, -0.05) is 19.9 Å². The monoisotopic (exact) mass is 308 g/mol. The molecule has 0 aliphatic heterocycles. The van der Waals surface area contributed by atoms with E-state index >= 15 is 0 Å². The number of carbonyl (C=O) groups is 2. The number of nitro groups is 1. The summed E-state index contributed by atoms with van der Waals surface area (Å²) in [6.45, 7) is 4.86. The number of hydrogen-bond donors (Lipinski definition) is 0. The molecule has 1 amide bonds. The molecule has 0 aliphatic carbocycles. The summed E-state index contributed by atoms with van der Waals surface area (Å²) >= 11 is 0. The average molecular weight is 308 g/mol. The Morgan fingerprint density at radius 2 is 1.73 bits per heavy atom. The first-order chi connectivity index (χ1) is 10.5. The number of ether oxygens (including phenoxy) is 1. The molecule has 0 aliphatic rings. The Morgan fingerprint density at radius 3 is 2.18 bits per heavy atom. The zero-order valence-corrected chi connectivity index (χ0v) is 13.0. The normalized spacial score (nSPS) is 10.1. The SMILES string of the molecule is CCCN(CCC)C(=O)c1cccc(C(=O)OC)c1[N+](=O)[O-]. The number of nitro benzene ring substituents is 1. The topological polar surface area (TPSA) is 89.8 Å². The Hall–Kier alpha value is -2.44. The fraction of sp³-hybridized carbons (Fsp3) is 0.467. The number of methoxy groups -OCH3 is 1. The predicted molar refractivity (Wildman–Crippen MR) is 80.9 cm³/mol. The van der Waals surface area contributed by atoms with Crippen LogP contribution in [0.3, 0.4) is 0 Å². The van der Waals surface area contributed by atoms with Crippen LogP contribution in [0, 0.1) is 10.1 Å². The molecule has 1 aromatic rings. The van der Waals surface area contributed by atoms with Crippen LogP contribution >= 0.6 is 0 Å². The van der Waals surface area contributed by atoms with E-state index in [1.54, 1.807) is 4.90 Å². The van der Waals surface area contributed by atoms with Crippen molar-refractivity contribution in [3.63, 3.8) is 0 Å². The average Bonchev–Trinajstić information content (AvgIpc) is 2.52. The van der Waals surface area contributed by atoms with Crippen molar-refractivity contribution >= 4 is 17.6 Å². The number of esters is 1. The second-order valence-corrected chi connectivity index (χ2v) is 4.74. The van der Waals surface area contributed by atoms with Gasteiger partial charge >= 0.3 is 5.97 Å². The number of carbonyl (C=O) groups excluding carboxylic acids is 2. The zero-order valence-electron chi connectivity index (χ0n) is 13.0. The van der Waals surface area contributed by atoms with Crippen molar-refractivity contribution in [2.24, 2.45) is 0 Å². The Kier molecular flexibility index (Phi) is 6.49. The highest BCUT2D eigenvalue weighted by Crippen LogP contribution is 2.26.